The van der Waals surface area contributed by atoms with E-state index in [1.54, 1.807) is 24.3 Å². The van der Waals surface area contributed by atoms with Crippen LogP contribution in [0.15, 0.2) is 94.3 Å². The molecule has 0 bridgehead atoms. The fraction of sp³-hybridized carbons (Fsp3) is 0.355. The van der Waals surface area contributed by atoms with Gasteiger partial charge in [0.05, 0.1) is 4.90 Å². The van der Waals surface area contributed by atoms with Gasteiger partial charge < -0.3 is 9.42 Å². The monoisotopic (exact) mass is 544 g/mol. The summed E-state index contributed by atoms with van der Waals surface area (Å²) in [5, 5.41) is 4.14. The Labute approximate surface area is 231 Å². The van der Waals surface area contributed by atoms with Crippen LogP contribution < -0.4 is 0 Å². The second-order valence-corrected chi connectivity index (χ2v) is 12.6. The molecule has 0 spiro atoms. The molecule has 1 aromatic heterocycles. The molecule has 1 aliphatic rings. The van der Waals surface area contributed by atoms with Crippen molar-refractivity contribution in [2.24, 2.45) is 5.92 Å². The number of sulfonamides is 1. The third-order valence-electron chi connectivity index (χ3n) is 7.67. The molecule has 2 heterocycles. The predicted molar refractivity (Wildman–Crippen MR) is 153 cm³/mol. The van der Waals surface area contributed by atoms with Gasteiger partial charge in [0, 0.05) is 32.0 Å². The number of likely N-dealkylation sites (tertiary alicyclic amines) is 1. The Bertz CT molecular complexity index is 1390. The van der Waals surface area contributed by atoms with Crippen LogP contribution in [0.25, 0.3) is 11.4 Å². The molecule has 1 aliphatic heterocycles. The number of piperidine rings is 1. The minimum absolute atomic E-state index is 0.241. The topological polar surface area (TPSA) is 79.5 Å². The molecule has 39 heavy (non-hydrogen) atoms. The summed E-state index contributed by atoms with van der Waals surface area (Å²) in [6.07, 6.45) is 4.08. The predicted octanol–water partition coefficient (Wildman–Crippen LogP) is 5.46. The number of aromatic nitrogens is 2. The van der Waals surface area contributed by atoms with Gasteiger partial charge in [-0.2, -0.15) is 4.98 Å². The van der Waals surface area contributed by atoms with Crippen molar-refractivity contribution in [3.63, 3.8) is 0 Å². The van der Waals surface area contributed by atoms with Gasteiger partial charge >= 0.3 is 0 Å². The minimum atomic E-state index is -3.47. The number of hydrogen-bond donors (Lipinski definition) is 0. The molecule has 0 saturated carbocycles. The van der Waals surface area contributed by atoms with Gasteiger partial charge in [-0.3, -0.25) is 0 Å². The standard InChI is InChI=1S/C31H36N4O3S/c1-34(2)39(36,37)28-15-13-27(14-16-28)31-32-30(38-33-31)23-24-17-20-35(21-18-24)22-19-29(25-9-5-3-6-10-25)26-11-7-4-8-12-26/h3-16,24,29H,17-23H2,1-2H3. The summed E-state index contributed by atoms with van der Waals surface area (Å²) in [7, 11) is -0.428. The molecule has 0 N–H and O–H groups in total. The Morgan fingerprint density at radius 3 is 2.05 bits per heavy atom. The normalized spacial score (nSPS) is 15.3. The largest absolute Gasteiger partial charge is 0.339 e. The van der Waals surface area contributed by atoms with E-state index in [1.807, 2.05) is 0 Å². The highest BCUT2D eigenvalue weighted by Gasteiger charge is 2.24. The lowest BCUT2D eigenvalue weighted by Gasteiger charge is -2.32. The number of nitrogens with zero attached hydrogens (tertiary/aromatic N) is 4. The van der Waals surface area contributed by atoms with Gasteiger partial charge in [0.1, 0.15) is 0 Å². The average Bonchev–Trinajstić information content (AvgIpc) is 3.44. The van der Waals surface area contributed by atoms with E-state index in [1.165, 1.54) is 29.5 Å². The summed E-state index contributed by atoms with van der Waals surface area (Å²) in [5.41, 5.74) is 3.49. The van der Waals surface area contributed by atoms with Gasteiger partial charge in [-0.15, -0.1) is 0 Å². The van der Waals surface area contributed by atoms with E-state index in [9.17, 15) is 8.42 Å². The summed E-state index contributed by atoms with van der Waals surface area (Å²) in [4.78, 5) is 7.42. The van der Waals surface area contributed by atoms with Crippen molar-refractivity contribution in [3.8, 4) is 11.4 Å². The van der Waals surface area contributed by atoms with Crippen LogP contribution in [0.5, 0.6) is 0 Å². The first-order valence-corrected chi connectivity index (χ1v) is 15.0. The van der Waals surface area contributed by atoms with Crippen LogP contribution in [0.3, 0.4) is 0 Å². The van der Waals surface area contributed by atoms with Crippen molar-refractivity contribution in [2.45, 2.75) is 36.5 Å². The van der Waals surface area contributed by atoms with Crippen LogP contribution in [-0.4, -0.2) is 61.5 Å². The summed E-state index contributed by atoms with van der Waals surface area (Å²) in [6, 6.07) is 28.2. The van der Waals surface area contributed by atoms with Crippen molar-refractivity contribution in [1.29, 1.82) is 0 Å². The van der Waals surface area contributed by atoms with Crippen molar-refractivity contribution < 1.29 is 12.9 Å². The molecule has 0 unspecified atom stereocenters. The average molecular weight is 545 g/mol. The van der Waals surface area contributed by atoms with E-state index >= 15 is 0 Å². The fourth-order valence-corrected chi connectivity index (χ4v) is 6.21. The second-order valence-electron chi connectivity index (χ2n) is 10.5. The molecular weight excluding hydrogens is 508 g/mol. The van der Waals surface area contributed by atoms with Gasteiger partial charge in [0.15, 0.2) is 0 Å². The lowest BCUT2D eigenvalue weighted by molar-refractivity contribution is 0.174. The van der Waals surface area contributed by atoms with Crippen molar-refractivity contribution in [2.75, 3.05) is 33.7 Å². The first-order valence-electron chi connectivity index (χ1n) is 13.6. The number of rotatable bonds is 10. The Kier molecular flexibility index (Phi) is 8.55. The highest BCUT2D eigenvalue weighted by molar-refractivity contribution is 7.89. The molecule has 0 amide bonds. The molecule has 3 aromatic carbocycles. The smallest absolute Gasteiger partial charge is 0.242 e. The Balaban J connectivity index is 1.14. The number of hydrogen-bond acceptors (Lipinski definition) is 6. The highest BCUT2D eigenvalue weighted by Crippen LogP contribution is 2.30. The van der Waals surface area contributed by atoms with Crippen molar-refractivity contribution in [3.05, 3.63) is 102 Å². The molecule has 0 radical (unpaired) electrons. The van der Waals surface area contributed by atoms with Crippen LogP contribution in [0, 0.1) is 5.92 Å². The molecule has 5 rings (SSSR count). The zero-order valence-corrected chi connectivity index (χ0v) is 23.4. The van der Waals surface area contributed by atoms with Crippen LogP contribution in [0.2, 0.25) is 0 Å². The lowest BCUT2D eigenvalue weighted by atomic mass is 9.87. The number of benzene rings is 3. The molecule has 0 atom stereocenters. The first kappa shape index (κ1) is 27.2. The van der Waals surface area contributed by atoms with Crippen molar-refractivity contribution in [1.82, 2.24) is 19.3 Å². The molecule has 7 nitrogen and oxygen atoms in total. The van der Waals surface area contributed by atoms with E-state index in [4.69, 9.17) is 4.52 Å². The SMILES string of the molecule is CN(C)S(=O)(=O)c1ccc(-c2noc(CC3CCN(CCC(c4ccccc4)c4ccccc4)CC3)n2)cc1. The zero-order valence-electron chi connectivity index (χ0n) is 22.6. The molecule has 0 aliphatic carbocycles. The maximum atomic E-state index is 12.3. The minimum Gasteiger partial charge on any atom is -0.339 e. The van der Waals surface area contributed by atoms with Gasteiger partial charge in [0.25, 0.3) is 0 Å². The summed E-state index contributed by atoms with van der Waals surface area (Å²) in [6.45, 7) is 3.22. The van der Waals surface area contributed by atoms with Crippen LogP contribution in [-0.2, 0) is 16.4 Å². The van der Waals surface area contributed by atoms with Crippen LogP contribution in [0.1, 0.15) is 42.2 Å². The maximum absolute atomic E-state index is 12.3. The van der Waals surface area contributed by atoms with E-state index in [0.29, 0.717) is 23.6 Å². The van der Waals surface area contributed by atoms with E-state index in [-0.39, 0.29) is 4.90 Å². The Morgan fingerprint density at radius 2 is 1.49 bits per heavy atom. The van der Waals surface area contributed by atoms with E-state index < -0.39 is 10.0 Å². The molecule has 204 valence electrons. The first-order chi connectivity index (χ1) is 18.9. The summed E-state index contributed by atoms with van der Waals surface area (Å²) < 4.78 is 31.4. The lowest BCUT2D eigenvalue weighted by Crippen LogP contribution is -2.35. The van der Waals surface area contributed by atoms with Crippen LogP contribution >= 0.6 is 0 Å². The van der Waals surface area contributed by atoms with Gasteiger partial charge in [0.2, 0.25) is 21.7 Å². The van der Waals surface area contributed by atoms with Crippen molar-refractivity contribution >= 4 is 10.0 Å². The van der Waals surface area contributed by atoms with Gasteiger partial charge in [-0.1, -0.05) is 65.8 Å². The molecule has 4 aromatic rings. The zero-order chi connectivity index (χ0) is 27.2. The quantitative estimate of drug-likeness (QED) is 0.264. The third kappa shape index (κ3) is 6.64. The van der Waals surface area contributed by atoms with E-state index in [2.05, 4.69) is 75.7 Å². The fourth-order valence-electron chi connectivity index (χ4n) is 5.31. The van der Waals surface area contributed by atoms with Gasteiger partial charge in [-0.25, -0.2) is 12.7 Å². The Morgan fingerprint density at radius 1 is 0.897 bits per heavy atom. The highest BCUT2D eigenvalue weighted by atomic mass is 32.2. The molecular formula is C31H36N4O3S. The molecule has 1 saturated heterocycles. The Hall–Kier alpha value is -3.33. The van der Waals surface area contributed by atoms with Crippen LogP contribution in [0.4, 0.5) is 0 Å². The maximum Gasteiger partial charge on any atom is 0.242 e. The summed E-state index contributed by atoms with van der Waals surface area (Å²) >= 11 is 0. The van der Waals surface area contributed by atoms with E-state index in [0.717, 1.165) is 50.9 Å². The van der Waals surface area contributed by atoms with Gasteiger partial charge in [-0.05, 0) is 80.2 Å². The molecule has 1 fully saturated rings. The third-order valence-corrected chi connectivity index (χ3v) is 9.50. The summed E-state index contributed by atoms with van der Waals surface area (Å²) in [5.74, 6) is 2.05. The second kappa shape index (κ2) is 12.2. The molecule has 8 heteroatoms.